The summed E-state index contributed by atoms with van der Waals surface area (Å²) in [5.74, 6) is 0.917. The lowest BCUT2D eigenvalue weighted by Crippen LogP contribution is -2.17. The molecule has 6 heteroatoms. The molecule has 96 valence electrons. The van der Waals surface area contributed by atoms with Crippen LogP contribution in [0.2, 0.25) is 0 Å². The lowest BCUT2D eigenvalue weighted by atomic mass is 10.2. The third kappa shape index (κ3) is 2.05. The lowest BCUT2D eigenvalue weighted by Gasteiger charge is -2.13. The van der Waals surface area contributed by atoms with Crippen molar-refractivity contribution in [2.75, 3.05) is 11.6 Å². The van der Waals surface area contributed by atoms with Gasteiger partial charge in [0.05, 0.1) is 11.6 Å². The van der Waals surface area contributed by atoms with E-state index >= 15 is 0 Å². The van der Waals surface area contributed by atoms with Gasteiger partial charge in [-0.15, -0.1) is 0 Å². The maximum atomic E-state index is 4.35. The molecule has 2 unspecified atom stereocenters. The summed E-state index contributed by atoms with van der Waals surface area (Å²) in [5, 5.41) is 9.57. The molecule has 1 saturated carbocycles. The maximum Gasteiger partial charge on any atom is 0.163 e. The van der Waals surface area contributed by atoms with Gasteiger partial charge in [-0.3, -0.25) is 4.68 Å². The largest absolute Gasteiger partial charge is 0.367 e. The first-order valence-corrected chi connectivity index (χ1v) is 7.48. The van der Waals surface area contributed by atoms with Crippen LogP contribution in [0.4, 0.5) is 5.82 Å². The predicted molar refractivity (Wildman–Crippen MR) is 74.9 cm³/mol. The number of thioether (sulfide) groups is 1. The highest BCUT2D eigenvalue weighted by atomic mass is 32.2. The zero-order chi connectivity index (χ0) is 12.5. The molecule has 2 atom stereocenters. The lowest BCUT2D eigenvalue weighted by molar-refractivity contribution is 0.752. The Morgan fingerprint density at radius 1 is 1.39 bits per heavy atom. The minimum absolute atomic E-state index is 0.528. The summed E-state index contributed by atoms with van der Waals surface area (Å²) in [7, 11) is 1.90. The molecule has 0 saturated heterocycles. The second-order valence-corrected chi connectivity index (χ2v) is 5.88. The molecule has 18 heavy (non-hydrogen) atoms. The van der Waals surface area contributed by atoms with Gasteiger partial charge in [-0.1, -0.05) is 0 Å². The van der Waals surface area contributed by atoms with Gasteiger partial charge in [-0.2, -0.15) is 16.9 Å². The van der Waals surface area contributed by atoms with Crippen molar-refractivity contribution in [3.63, 3.8) is 0 Å². The van der Waals surface area contributed by atoms with E-state index in [9.17, 15) is 0 Å². The summed E-state index contributed by atoms with van der Waals surface area (Å²) in [6.07, 6.45) is 9.35. The van der Waals surface area contributed by atoms with E-state index in [0.29, 0.717) is 6.04 Å². The van der Waals surface area contributed by atoms with Crippen LogP contribution in [0.25, 0.3) is 11.0 Å². The van der Waals surface area contributed by atoms with Crippen molar-refractivity contribution in [3.05, 3.63) is 12.5 Å². The number of aromatic nitrogens is 4. The normalized spacial score (nSPS) is 23.7. The van der Waals surface area contributed by atoms with Gasteiger partial charge in [0.25, 0.3) is 0 Å². The summed E-state index contributed by atoms with van der Waals surface area (Å²) in [5.41, 5.74) is 0.881. The molecule has 1 fully saturated rings. The molecule has 0 amide bonds. The van der Waals surface area contributed by atoms with E-state index in [1.54, 1.807) is 11.0 Å². The standard InChI is InChI=1S/C12H17N5S/c1-17-12-10(6-15-17)11(13-7-14-12)16-8-3-4-9(5-8)18-2/h6-9H,3-5H2,1-2H3,(H,13,14,16). The number of anilines is 1. The van der Waals surface area contributed by atoms with Crippen LogP contribution in [0.15, 0.2) is 12.5 Å². The summed E-state index contributed by atoms with van der Waals surface area (Å²) in [6.45, 7) is 0. The minimum atomic E-state index is 0.528. The van der Waals surface area contributed by atoms with E-state index in [1.165, 1.54) is 19.3 Å². The van der Waals surface area contributed by atoms with Gasteiger partial charge in [-0.25, -0.2) is 9.97 Å². The second kappa shape index (κ2) is 4.76. The number of rotatable bonds is 3. The number of nitrogens with one attached hydrogen (secondary N) is 1. The van der Waals surface area contributed by atoms with Crippen molar-refractivity contribution < 1.29 is 0 Å². The van der Waals surface area contributed by atoms with Crippen LogP contribution in [0, 0.1) is 0 Å². The highest BCUT2D eigenvalue weighted by Gasteiger charge is 2.24. The monoisotopic (exact) mass is 263 g/mol. The SMILES string of the molecule is CSC1CCC(Nc2ncnc3c2cnn3C)C1. The molecule has 2 aromatic rings. The summed E-state index contributed by atoms with van der Waals surface area (Å²) in [6, 6.07) is 0.528. The molecule has 0 spiro atoms. The highest BCUT2D eigenvalue weighted by molar-refractivity contribution is 7.99. The smallest absolute Gasteiger partial charge is 0.163 e. The molecule has 0 bridgehead atoms. The molecule has 2 aromatic heterocycles. The molecule has 5 nitrogen and oxygen atoms in total. The van der Waals surface area contributed by atoms with Gasteiger partial charge < -0.3 is 5.32 Å². The summed E-state index contributed by atoms with van der Waals surface area (Å²) in [4.78, 5) is 8.60. The Bertz CT molecular complexity index is 552. The molecule has 0 aromatic carbocycles. The van der Waals surface area contributed by atoms with Crippen molar-refractivity contribution >= 4 is 28.6 Å². The Morgan fingerprint density at radius 2 is 2.28 bits per heavy atom. The van der Waals surface area contributed by atoms with Crippen LogP contribution < -0.4 is 5.32 Å². The molecule has 2 heterocycles. The van der Waals surface area contributed by atoms with Crippen LogP contribution in [-0.2, 0) is 7.05 Å². The second-order valence-electron chi connectivity index (χ2n) is 4.74. The number of hydrogen-bond donors (Lipinski definition) is 1. The van der Waals surface area contributed by atoms with Gasteiger partial charge in [0.1, 0.15) is 12.1 Å². The maximum absolute atomic E-state index is 4.35. The van der Waals surface area contributed by atoms with E-state index in [0.717, 1.165) is 22.1 Å². The molecule has 0 radical (unpaired) electrons. The third-order valence-electron chi connectivity index (χ3n) is 3.59. The fraction of sp³-hybridized carbons (Fsp3) is 0.583. The topological polar surface area (TPSA) is 55.6 Å². The number of hydrogen-bond acceptors (Lipinski definition) is 5. The average molecular weight is 263 g/mol. The Morgan fingerprint density at radius 3 is 3.06 bits per heavy atom. The van der Waals surface area contributed by atoms with Crippen LogP contribution in [0.3, 0.4) is 0 Å². The zero-order valence-corrected chi connectivity index (χ0v) is 11.4. The van der Waals surface area contributed by atoms with Crippen molar-refractivity contribution in [1.29, 1.82) is 0 Å². The Hall–Kier alpha value is -1.30. The first-order chi connectivity index (χ1) is 8.78. The molecule has 0 aliphatic heterocycles. The first-order valence-electron chi connectivity index (χ1n) is 6.20. The van der Waals surface area contributed by atoms with Crippen molar-refractivity contribution in [2.45, 2.75) is 30.6 Å². The Kier molecular flexibility index (Phi) is 3.11. The van der Waals surface area contributed by atoms with E-state index in [4.69, 9.17) is 0 Å². The van der Waals surface area contributed by atoms with Gasteiger partial charge in [0, 0.05) is 18.3 Å². The fourth-order valence-electron chi connectivity index (χ4n) is 2.56. The first kappa shape index (κ1) is 11.8. The van der Waals surface area contributed by atoms with Crippen molar-refractivity contribution in [2.24, 2.45) is 7.05 Å². The summed E-state index contributed by atoms with van der Waals surface area (Å²) >= 11 is 1.97. The van der Waals surface area contributed by atoms with Crippen LogP contribution in [0.1, 0.15) is 19.3 Å². The summed E-state index contributed by atoms with van der Waals surface area (Å²) < 4.78 is 1.78. The van der Waals surface area contributed by atoms with Crippen LogP contribution in [0.5, 0.6) is 0 Å². The van der Waals surface area contributed by atoms with Gasteiger partial charge in [-0.05, 0) is 25.5 Å². The van der Waals surface area contributed by atoms with Crippen molar-refractivity contribution in [3.8, 4) is 0 Å². The average Bonchev–Trinajstić information content (AvgIpc) is 2.98. The minimum Gasteiger partial charge on any atom is -0.367 e. The molecule has 1 aliphatic carbocycles. The number of fused-ring (bicyclic) bond motifs is 1. The molecule has 1 N–H and O–H groups in total. The van der Waals surface area contributed by atoms with E-state index in [2.05, 4.69) is 26.6 Å². The third-order valence-corrected chi connectivity index (χ3v) is 4.68. The highest BCUT2D eigenvalue weighted by Crippen LogP contribution is 2.31. The molecular weight excluding hydrogens is 246 g/mol. The van der Waals surface area contributed by atoms with E-state index in [-0.39, 0.29) is 0 Å². The van der Waals surface area contributed by atoms with Crippen LogP contribution >= 0.6 is 11.8 Å². The Balaban J connectivity index is 1.83. The molecular formula is C12H17N5S. The molecule has 3 rings (SSSR count). The Labute approximate surface area is 110 Å². The number of nitrogens with zero attached hydrogens (tertiary/aromatic N) is 4. The fourth-order valence-corrected chi connectivity index (χ4v) is 3.35. The van der Waals surface area contributed by atoms with Gasteiger partial charge in [0.15, 0.2) is 5.65 Å². The number of aryl methyl sites for hydroxylation is 1. The van der Waals surface area contributed by atoms with Crippen LogP contribution in [-0.4, -0.2) is 37.3 Å². The van der Waals surface area contributed by atoms with Crippen molar-refractivity contribution in [1.82, 2.24) is 19.7 Å². The zero-order valence-electron chi connectivity index (χ0n) is 10.6. The molecule has 1 aliphatic rings. The van der Waals surface area contributed by atoms with Gasteiger partial charge in [0.2, 0.25) is 0 Å². The van der Waals surface area contributed by atoms with E-state index < -0.39 is 0 Å². The van der Waals surface area contributed by atoms with Gasteiger partial charge >= 0.3 is 0 Å². The van der Waals surface area contributed by atoms with E-state index in [1.807, 2.05) is 25.0 Å². The predicted octanol–water partition coefficient (Wildman–Crippen LogP) is 2.06. The quantitative estimate of drug-likeness (QED) is 0.918.